The van der Waals surface area contributed by atoms with Crippen molar-refractivity contribution in [3.63, 3.8) is 0 Å². The van der Waals surface area contributed by atoms with E-state index in [0.717, 1.165) is 9.35 Å². The molecule has 0 saturated heterocycles. The van der Waals surface area contributed by atoms with Gasteiger partial charge in [0.1, 0.15) is 5.60 Å². The molecule has 5 heteroatoms. The minimum atomic E-state index is -1.30. The fourth-order valence-corrected chi connectivity index (χ4v) is 2.71. The molecule has 0 aliphatic carbocycles. The minimum absolute atomic E-state index is 0.271. The maximum Gasteiger partial charge on any atom is 0.254 e. The fraction of sp³-hybridized carbons (Fsp3) is 0.500. The lowest BCUT2D eigenvalue weighted by molar-refractivity contribution is -0.146. The van der Waals surface area contributed by atoms with Crippen LogP contribution in [0.1, 0.15) is 18.7 Å². The van der Waals surface area contributed by atoms with Crippen LogP contribution in [-0.2, 0) is 11.3 Å². The van der Waals surface area contributed by atoms with Crippen LogP contribution in [0, 0.1) is 0 Å². The van der Waals surface area contributed by atoms with Crippen molar-refractivity contribution in [1.29, 1.82) is 0 Å². The molecule has 0 aliphatic rings. The third-order valence-corrected chi connectivity index (χ3v) is 3.57. The Balaban J connectivity index is 2.64. The first-order valence-electron chi connectivity index (χ1n) is 4.51. The van der Waals surface area contributed by atoms with Crippen molar-refractivity contribution in [3.8, 4) is 0 Å². The van der Waals surface area contributed by atoms with Gasteiger partial charge < -0.3 is 10.0 Å². The molecule has 1 aromatic rings. The number of likely N-dealkylation sites (N-methyl/N-ethyl adjacent to an activating group) is 1. The number of hydrogen-bond acceptors (Lipinski definition) is 3. The molecule has 0 spiro atoms. The van der Waals surface area contributed by atoms with Gasteiger partial charge >= 0.3 is 0 Å². The maximum atomic E-state index is 11.6. The number of amides is 1. The molecule has 1 rings (SSSR count). The number of hydrogen-bond donors (Lipinski definition) is 1. The highest BCUT2D eigenvalue weighted by molar-refractivity contribution is 9.10. The van der Waals surface area contributed by atoms with Gasteiger partial charge in [-0.25, -0.2) is 0 Å². The van der Waals surface area contributed by atoms with E-state index in [-0.39, 0.29) is 5.91 Å². The monoisotopic (exact) mass is 291 g/mol. The molecule has 0 atom stereocenters. The van der Waals surface area contributed by atoms with Gasteiger partial charge in [-0.2, -0.15) is 0 Å². The van der Waals surface area contributed by atoms with Gasteiger partial charge in [-0.3, -0.25) is 4.79 Å². The Bertz CT molecular complexity index is 357. The summed E-state index contributed by atoms with van der Waals surface area (Å²) in [5, 5.41) is 11.5. The number of rotatable bonds is 3. The van der Waals surface area contributed by atoms with Crippen LogP contribution in [0.4, 0.5) is 0 Å². The predicted molar refractivity (Wildman–Crippen MR) is 64.8 cm³/mol. The van der Waals surface area contributed by atoms with Gasteiger partial charge in [0.05, 0.1) is 6.54 Å². The Hall–Kier alpha value is -0.390. The number of carbonyl (C=O) groups excluding carboxylic acids is 1. The lowest BCUT2D eigenvalue weighted by Crippen LogP contribution is -2.42. The van der Waals surface area contributed by atoms with E-state index in [1.807, 2.05) is 11.4 Å². The standard InChI is InChI=1S/C10H14BrNO2S/c1-10(2,14)9(13)12(3)5-8-4-7(11)6-15-8/h4,6,14H,5H2,1-3H3. The summed E-state index contributed by atoms with van der Waals surface area (Å²) in [7, 11) is 1.69. The molecule has 84 valence electrons. The van der Waals surface area contributed by atoms with Crippen LogP contribution < -0.4 is 0 Å². The van der Waals surface area contributed by atoms with Gasteiger partial charge in [0.25, 0.3) is 5.91 Å². The second-order valence-corrected chi connectivity index (χ2v) is 5.86. The van der Waals surface area contributed by atoms with Gasteiger partial charge in [0.2, 0.25) is 0 Å². The highest BCUT2D eigenvalue weighted by atomic mass is 79.9. The summed E-state index contributed by atoms with van der Waals surface area (Å²) in [6, 6.07) is 1.97. The first-order valence-corrected chi connectivity index (χ1v) is 6.19. The lowest BCUT2D eigenvalue weighted by Gasteiger charge is -2.24. The molecule has 0 fully saturated rings. The van der Waals surface area contributed by atoms with E-state index >= 15 is 0 Å². The summed E-state index contributed by atoms with van der Waals surface area (Å²) in [5.74, 6) is -0.271. The number of halogens is 1. The second kappa shape index (κ2) is 4.63. The largest absolute Gasteiger partial charge is 0.381 e. The Kier molecular flexibility index (Phi) is 3.92. The predicted octanol–water partition coefficient (Wildman–Crippen LogP) is 2.24. The molecule has 1 N–H and O–H groups in total. The van der Waals surface area contributed by atoms with Crippen molar-refractivity contribution < 1.29 is 9.90 Å². The normalized spacial score (nSPS) is 11.5. The summed E-state index contributed by atoms with van der Waals surface area (Å²) in [4.78, 5) is 14.3. The first-order chi connectivity index (χ1) is 6.80. The molecule has 1 amide bonds. The number of carbonyl (C=O) groups is 1. The van der Waals surface area contributed by atoms with Crippen LogP contribution >= 0.6 is 27.3 Å². The SMILES string of the molecule is CN(Cc1cc(Br)cs1)C(=O)C(C)(C)O. The van der Waals surface area contributed by atoms with Gasteiger partial charge in [0.15, 0.2) is 0 Å². The zero-order chi connectivity index (χ0) is 11.6. The van der Waals surface area contributed by atoms with Gasteiger partial charge in [-0.05, 0) is 35.8 Å². The quantitative estimate of drug-likeness (QED) is 0.928. The third kappa shape index (κ3) is 3.59. The van der Waals surface area contributed by atoms with Crippen LogP contribution in [-0.4, -0.2) is 28.6 Å². The van der Waals surface area contributed by atoms with Gasteiger partial charge in [-0.15, -0.1) is 11.3 Å². The summed E-state index contributed by atoms with van der Waals surface area (Å²) < 4.78 is 1.02. The molecule has 1 heterocycles. The Morgan fingerprint density at radius 1 is 1.67 bits per heavy atom. The molecule has 0 radical (unpaired) electrons. The summed E-state index contributed by atoms with van der Waals surface area (Å²) in [6.45, 7) is 3.52. The summed E-state index contributed by atoms with van der Waals surface area (Å²) in [6.07, 6.45) is 0. The van der Waals surface area contributed by atoms with E-state index in [2.05, 4.69) is 15.9 Å². The van der Waals surface area contributed by atoms with E-state index in [1.54, 1.807) is 18.4 Å². The molecule has 0 saturated carbocycles. The van der Waals surface area contributed by atoms with E-state index in [4.69, 9.17) is 0 Å². The van der Waals surface area contributed by atoms with Crippen molar-refractivity contribution in [2.75, 3.05) is 7.05 Å². The second-order valence-electron chi connectivity index (χ2n) is 3.95. The minimum Gasteiger partial charge on any atom is -0.381 e. The first kappa shape index (κ1) is 12.7. The molecule has 15 heavy (non-hydrogen) atoms. The maximum absolute atomic E-state index is 11.6. The topological polar surface area (TPSA) is 40.5 Å². The Morgan fingerprint density at radius 3 is 2.67 bits per heavy atom. The summed E-state index contributed by atoms with van der Waals surface area (Å²) >= 11 is 4.94. The fourth-order valence-electron chi connectivity index (χ4n) is 1.21. The van der Waals surface area contributed by atoms with Crippen molar-refractivity contribution >= 4 is 33.2 Å². The van der Waals surface area contributed by atoms with Crippen molar-refractivity contribution in [2.45, 2.75) is 26.0 Å². The molecular weight excluding hydrogens is 278 g/mol. The molecule has 0 unspecified atom stereocenters. The van der Waals surface area contributed by atoms with Gasteiger partial charge in [0, 0.05) is 21.8 Å². The van der Waals surface area contributed by atoms with Crippen LogP contribution in [0.15, 0.2) is 15.9 Å². The highest BCUT2D eigenvalue weighted by Crippen LogP contribution is 2.21. The zero-order valence-electron chi connectivity index (χ0n) is 8.95. The lowest BCUT2D eigenvalue weighted by atomic mass is 10.1. The van der Waals surface area contributed by atoms with Crippen LogP contribution in [0.5, 0.6) is 0 Å². The Labute approximate surface area is 102 Å². The highest BCUT2D eigenvalue weighted by Gasteiger charge is 2.27. The smallest absolute Gasteiger partial charge is 0.254 e. The van der Waals surface area contributed by atoms with Crippen LogP contribution in [0.2, 0.25) is 0 Å². The molecule has 0 aliphatic heterocycles. The molecule has 0 bridgehead atoms. The number of nitrogens with zero attached hydrogens (tertiary/aromatic N) is 1. The third-order valence-electron chi connectivity index (χ3n) is 1.88. The van der Waals surface area contributed by atoms with Crippen LogP contribution in [0.25, 0.3) is 0 Å². The van der Waals surface area contributed by atoms with E-state index in [9.17, 15) is 9.90 Å². The van der Waals surface area contributed by atoms with E-state index in [1.165, 1.54) is 18.7 Å². The van der Waals surface area contributed by atoms with E-state index in [0.29, 0.717) is 6.54 Å². The zero-order valence-corrected chi connectivity index (χ0v) is 11.4. The average Bonchev–Trinajstić information content (AvgIpc) is 2.48. The van der Waals surface area contributed by atoms with Gasteiger partial charge in [-0.1, -0.05) is 0 Å². The number of thiophene rings is 1. The van der Waals surface area contributed by atoms with Crippen LogP contribution in [0.3, 0.4) is 0 Å². The molecule has 3 nitrogen and oxygen atoms in total. The molecule has 1 aromatic heterocycles. The average molecular weight is 292 g/mol. The summed E-state index contributed by atoms with van der Waals surface area (Å²) in [5.41, 5.74) is -1.30. The molecular formula is C10H14BrNO2S. The molecule has 0 aromatic carbocycles. The number of aliphatic hydroxyl groups is 1. The van der Waals surface area contributed by atoms with Crippen molar-refractivity contribution in [1.82, 2.24) is 4.90 Å². The van der Waals surface area contributed by atoms with Crippen molar-refractivity contribution in [2.24, 2.45) is 0 Å². The van der Waals surface area contributed by atoms with Crippen molar-refractivity contribution in [3.05, 3.63) is 20.8 Å². The Morgan fingerprint density at radius 2 is 2.27 bits per heavy atom. The van der Waals surface area contributed by atoms with E-state index < -0.39 is 5.60 Å².